The summed E-state index contributed by atoms with van der Waals surface area (Å²) >= 11 is 0. The number of piperazine rings is 1. The zero-order chi connectivity index (χ0) is 13.9. The van der Waals surface area contributed by atoms with E-state index in [1.54, 1.807) is 0 Å². The molecule has 19 heavy (non-hydrogen) atoms. The maximum Gasteiger partial charge on any atom is 0.220 e. The van der Waals surface area contributed by atoms with Crippen molar-refractivity contribution in [2.75, 3.05) is 46.8 Å². The predicted octanol–water partition coefficient (Wildman–Crippen LogP) is -0.132. The molecule has 5 heteroatoms. The minimum absolute atomic E-state index is 0.110. The third-order valence-electron chi connectivity index (χ3n) is 4.90. The number of carbonyl (C=O) groups is 1. The van der Waals surface area contributed by atoms with E-state index in [2.05, 4.69) is 29.2 Å². The van der Waals surface area contributed by atoms with E-state index in [9.17, 15) is 4.79 Å². The quantitative estimate of drug-likeness (QED) is 0.729. The Morgan fingerprint density at radius 1 is 1.37 bits per heavy atom. The Morgan fingerprint density at radius 3 is 2.68 bits per heavy atom. The maximum absolute atomic E-state index is 12.0. The SMILES string of the molecule is CN1CCN(C)C(CNC(=O)CC2(CN)CCC2)C1. The number of likely N-dealkylation sites (N-methyl/N-ethyl adjacent to an activating group) is 2. The second-order valence-electron chi connectivity index (χ2n) is 6.44. The van der Waals surface area contributed by atoms with Gasteiger partial charge in [-0.1, -0.05) is 6.42 Å². The molecule has 0 aromatic heterocycles. The highest BCUT2D eigenvalue weighted by Crippen LogP contribution is 2.42. The van der Waals surface area contributed by atoms with Crippen LogP contribution in [0.2, 0.25) is 0 Å². The molecule has 5 nitrogen and oxygen atoms in total. The molecule has 1 saturated carbocycles. The van der Waals surface area contributed by atoms with Gasteiger partial charge in [0.25, 0.3) is 0 Å². The number of nitrogens with zero attached hydrogens (tertiary/aromatic N) is 2. The third-order valence-corrected chi connectivity index (χ3v) is 4.90. The highest BCUT2D eigenvalue weighted by atomic mass is 16.1. The summed E-state index contributed by atoms with van der Waals surface area (Å²) in [7, 11) is 4.27. The Kier molecular flexibility index (Phi) is 4.81. The first-order chi connectivity index (χ1) is 9.04. The van der Waals surface area contributed by atoms with Gasteiger partial charge in [-0.3, -0.25) is 9.69 Å². The topological polar surface area (TPSA) is 61.6 Å². The molecule has 1 amide bonds. The summed E-state index contributed by atoms with van der Waals surface area (Å²) in [5.41, 5.74) is 5.91. The molecule has 0 radical (unpaired) electrons. The number of hydrogen-bond donors (Lipinski definition) is 2. The molecule has 110 valence electrons. The molecule has 2 aliphatic rings. The lowest BCUT2D eigenvalue weighted by Crippen LogP contribution is -2.54. The summed E-state index contributed by atoms with van der Waals surface area (Å²) in [6.07, 6.45) is 4.06. The van der Waals surface area contributed by atoms with Crippen molar-refractivity contribution in [3.8, 4) is 0 Å². The third kappa shape index (κ3) is 3.68. The first kappa shape index (κ1) is 14.8. The molecule has 1 aliphatic heterocycles. The first-order valence-corrected chi connectivity index (χ1v) is 7.40. The van der Waals surface area contributed by atoms with Crippen LogP contribution < -0.4 is 11.1 Å². The van der Waals surface area contributed by atoms with E-state index in [-0.39, 0.29) is 11.3 Å². The van der Waals surface area contributed by atoms with Crippen molar-refractivity contribution >= 4 is 5.91 Å². The number of nitrogens with one attached hydrogen (secondary N) is 1. The highest BCUT2D eigenvalue weighted by Gasteiger charge is 2.37. The Bertz CT molecular complexity index is 311. The van der Waals surface area contributed by atoms with E-state index in [4.69, 9.17) is 5.73 Å². The number of carbonyl (C=O) groups excluding carboxylic acids is 1. The van der Waals surface area contributed by atoms with E-state index in [1.807, 2.05) is 0 Å². The van der Waals surface area contributed by atoms with Crippen molar-refractivity contribution in [3.63, 3.8) is 0 Å². The summed E-state index contributed by atoms with van der Waals surface area (Å²) in [6.45, 7) is 4.60. The summed E-state index contributed by atoms with van der Waals surface area (Å²) in [6, 6.07) is 0.429. The standard InChI is InChI=1S/C14H28N4O/c1-17-6-7-18(2)12(10-17)9-16-13(19)8-14(11-15)4-3-5-14/h12H,3-11,15H2,1-2H3,(H,16,19). The second kappa shape index (κ2) is 6.20. The fraction of sp³-hybridized carbons (Fsp3) is 0.929. The van der Waals surface area contributed by atoms with Gasteiger partial charge in [0.05, 0.1) is 0 Å². The first-order valence-electron chi connectivity index (χ1n) is 7.40. The Balaban J connectivity index is 1.73. The van der Waals surface area contributed by atoms with Crippen LogP contribution >= 0.6 is 0 Å². The van der Waals surface area contributed by atoms with Crippen molar-refractivity contribution in [2.45, 2.75) is 31.7 Å². The minimum Gasteiger partial charge on any atom is -0.354 e. The minimum atomic E-state index is 0.110. The molecule has 1 saturated heterocycles. The fourth-order valence-corrected chi connectivity index (χ4v) is 3.09. The lowest BCUT2D eigenvalue weighted by Gasteiger charge is -2.41. The van der Waals surface area contributed by atoms with Gasteiger partial charge in [0, 0.05) is 38.6 Å². The summed E-state index contributed by atoms with van der Waals surface area (Å²) in [5, 5.41) is 3.10. The summed E-state index contributed by atoms with van der Waals surface area (Å²) in [4.78, 5) is 16.7. The Labute approximate surface area is 116 Å². The van der Waals surface area contributed by atoms with Crippen LogP contribution in [0.5, 0.6) is 0 Å². The second-order valence-corrected chi connectivity index (χ2v) is 6.44. The van der Waals surface area contributed by atoms with Gasteiger partial charge in [-0.25, -0.2) is 0 Å². The fourth-order valence-electron chi connectivity index (χ4n) is 3.09. The van der Waals surface area contributed by atoms with E-state index in [1.165, 1.54) is 6.42 Å². The van der Waals surface area contributed by atoms with Crippen molar-refractivity contribution in [1.29, 1.82) is 0 Å². The van der Waals surface area contributed by atoms with Crippen LogP contribution in [0.25, 0.3) is 0 Å². The lowest BCUT2D eigenvalue weighted by molar-refractivity contribution is -0.125. The molecule has 0 aromatic rings. The summed E-state index contributed by atoms with van der Waals surface area (Å²) < 4.78 is 0. The zero-order valence-electron chi connectivity index (χ0n) is 12.3. The van der Waals surface area contributed by atoms with Crippen molar-refractivity contribution in [1.82, 2.24) is 15.1 Å². The van der Waals surface area contributed by atoms with Crippen molar-refractivity contribution in [3.05, 3.63) is 0 Å². The molecule has 0 spiro atoms. The van der Waals surface area contributed by atoms with Crippen molar-refractivity contribution < 1.29 is 4.79 Å². The molecule has 0 bridgehead atoms. The number of hydrogen-bond acceptors (Lipinski definition) is 4. The van der Waals surface area contributed by atoms with E-state index in [0.29, 0.717) is 19.0 Å². The van der Waals surface area contributed by atoms with Gasteiger partial charge in [0.1, 0.15) is 0 Å². The Morgan fingerprint density at radius 2 is 2.11 bits per heavy atom. The number of nitrogens with two attached hydrogens (primary N) is 1. The molecular formula is C14H28N4O. The van der Waals surface area contributed by atoms with Gasteiger partial charge in [-0.2, -0.15) is 0 Å². The maximum atomic E-state index is 12.0. The molecule has 2 rings (SSSR count). The van der Waals surface area contributed by atoms with Crippen LogP contribution in [0.15, 0.2) is 0 Å². The van der Waals surface area contributed by atoms with Gasteiger partial charge in [0.15, 0.2) is 0 Å². The Hall–Kier alpha value is -0.650. The van der Waals surface area contributed by atoms with Crippen LogP contribution in [0.4, 0.5) is 0 Å². The lowest BCUT2D eigenvalue weighted by atomic mass is 9.66. The van der Waals surface area contributed by atoms with Crippen LogP contribution in [0, 0.1) is 5.41 Å². The normalized spacial score (nSPS) is 27.8. The van der Waals surface area contributed by atoms with Gasteiger partial charge in [-0.15, -0.1) is 0 Å². The smallest absolute Gasteiger partial charge is 0.220 e. The molecule has 2 fully saturated rings. The molecule has 0 aromatic carbocycles. The van der Waals surface area contributed by atoms with E-state index >= 15 is 0 Å². The zero-order valence-corrected chi connectivity index (χ0v) is 12.3. The molecular weight excluding hydrogens is 240 g/mol. The predicted molar refractivity (Wildman–Crippen MR) is 76.9 cm³/mol. The molecule has 1 atom stereocenters. The van der Waals surface area contributed by atoms with Gasteiger partial charge >= 0.3 is 0 Å². The van der Waals surface area contributed by atoms with Gasteiger partial charge < -0.3 is 16.0 Å². The highest BCUT2D eigenvalue weighted by molar-refractivity contribution is 5.76. The summed E-state index contributed by atoms with van der Waals surface area (Å²) in [5.74, 6) is 0.173. The van der Waals surface area contributed by atoms with E-state index < -0.39 is 0 Å². The monoisotopic (exact) mass is 268 g/mol. The largest absolute Gasteiger partial charge is 0.354 e. The molecule has 1 aliphatic carbocycles. The number of amides is 1. The van der Waals surface area contributed by atoms with Crippen LogP contribution in [-0.2, 0) is 4.79 Å². The van der Waals surface area contributed by atoms with Crippen LogP contribution in [0.1, 0.15) is 25.7 Å². The average Bonchev–Trinajstić information content (AvgIpc) is 2.35. The molecule has 3 N–H and O–H groups in total. The van der Waals surface area contributed by atoms with Crippen LogP contribution in [-0.4, -0.2) is 68.6 Å². The van der Waals surface area contributed by atoms with Crippen molar-refractivity contribution in [2.24, 2.45) is 11.1 Å². The number of rotatable bonds is 5. The molecule has 1 unspecified atom stereocenters. The van der Waals surface area contributed by atoms with E-state index in [0.717, 1.165) is 39.0 Å². The van der Waals surface area contributed by atoms with Gasteiger partial charge in [-0.05, 0) is 38.9 Å². The average molecular weight is 268 g/mol. The molecule has 1 heterocycles. The van der Waals surface area contributed by atoms with Crippen LogP contribution in [0.3, 0.4) is 0 Å². The van der Waals surface area contributed by atoms with Gasteiger partial charge in [0.2, 0.25) is 5.91 Å².